The number of aliphatic hydroxyl groups excluding tert-OH is 1. The molecule has 0 saturated heterocycles. The van der Waals surface area contributed by atoms with Crippen molar-refractivity contribution in [3.8, 4) is 22.9 Å². The van der Waals surface area contributed by atoms with Gasteiger partial charge in [-0.15, -0.1) is 0 Å². The van der Waals surface area contributed by atoms with Crippen LogP contribution >= 0.6 is 0 Å². The number of hydrogen-bond donors (Lipinski definition) is 1. The Bertz CT molecular complexity index is 2600. The van der Waals surface area contributed by atoms with Gasteiger partial charge in [-0.05, 0) is 116 Å². The van der Waals surface area contributed by atoms with E-state index in [2.05, 4.69) is 134 Å². The molecule has 0 saturated carbocycles. The quantitative estimate of drug-likeness (QED) is 0.155. The van der Waals surface area contributed by atoms with E-state index in [9.17, 15) is 9.50 Å². The molecular weight excluding hydrogens is 798 g/mol. The first-order chi connectivity index (χ1) is 30.4. The first-order valence-electron chi connectivity index (χ1n) is 22.1. The van der Waals surface area contributed by atoms with Crippen LogP contribution in [0, 0.1) is 40.4 Å². The van der Waals surface area contributed by atoms with E-state index in [0.29, 0.717) is 29.4 Å². The Morgan fingerprint density at radius 2 is 0.844 bits per heavy atom. The molecule has 0 amide bonds. The van der Waals surface area contributed by atoms with Gasteiger partial charge in [0.15, 0.2) is 0 Å². The Morgan fingerprint density at radius 1 is 0.453 bits per heavy atom. The molecule has 336 valence electrons. The molecule has 64 heavy (non-hydrogen) atoms. The number of aliphatic hydroxyl groups is 1. The van der Waals surface area contributed by atoms with Gasteiger partial charge in [-0.1, -0.05) is 91.8 Å². The lowest BCUT2D eigenvalue weighted by Gasteiger charge is -2.12. The number of aromatic nitrogens is 9. The predicted molar refractivity (Wildman–Crippen MR) is 258 cm³/mol. The highest BCUT2D eigenvalue weighted by Gasteiger charge is 2.10. The minimum absolute atomic E-state index is 0.0487. The van der Waals surface area contributed by atoms with E-state index in [0.717, 1.165) is 45.4 Å². The van der Waals surface area contributed by atoms with E-state index >= 15 is 0 Å². The Morgan fingerprint density at radius 3 is 1.23 bits per heavy atom. The van der Waals surface area contributed by atoms with Crippen LogP contribution < -0.4 is 0 Å². The smallest absolute Gasteiger partial charge is 0.147 e. The summed E-state index contributed by atoms with van der Waals surface area (Å²) in [6.45, 7) is 27.2. The van der Waals surface area contributed by atoms with Crippen LogP contribution in [-0.4, -0.2) is 48.3 Å². The number of benzene rings is 3. The zero-order valence-electron chi connectivity index (χ0n) is 39.9. The highest BCUT2D eigenvalue weighted by Crippen LogP contribution is 2.24. The second-order valence-electron chi connectivity index (χ2n) is 17.6. The molecule has 11 heteroatoms. The summed E-state index contributed by atoms with van der Waals surface area (Å²) in [5.41, 5.74) is 13.8. The third kappa shape index (κ3) is 13.0. The average Bonchev–Trinajstić information content (AvgIpc) is 4.10. The van der Waals surface area contributed by atoms with E-state index in [1.54, 1.807) is 35.7 Å². The molecule has 5 aromatic heterocycles. The van der Waals surface area contributed by atoms with Gasteiger partial charge in [0.05, 0.1) is 59.7 Å². The summed E-state index contributed by atoms with van der Waals surface area (Å²) >= 11 is 0. The lowest BCUT2D eigenvalue weighted by molar-refractivity contribution is 0.281. The molecule has 8 aromatic rings. The lowest BCUT2D eigenvalue weighted by Crippen LogP contribution is -2.00. The third-order valence-electron chi connectivity index (χ3n) is 10.8. The maximum Gasteiger partial charge on any atom is 0.147 e. The van der Waals surface area contributed by atoms with E-state index in [1.165, 1.54) is 27.9 Å². The summed E-state index contributed by atoms with van der Waals surface area (Å²) in [5.74, 6) is 2.63. The van der Waals surface area contributed by atoms with Gasteiger partial charge in [0, 0.05) is 42.2 Å². The first kappa shape index (κ1) is 48.6. The summed E-state index contributed by atoms with van der Waals surface area (Å²) in [4.78, 5) is 21.1. The molecule has 0 atom stereocenters. The molecule has 0 radical (unpaired) electrons. The summed E-state index contributed by atoms with van der Waals surface area (Å²) in [6, 6.07) is 22.3. The topological polar surface area (TPSA) is 104 Å². The Hall–Kier alpha value is -6.46. The molecule has 0 aliphatic carbocycles. The van der Waals surface area contributed by atoms with Gasteiger partial charge in [0.1, 0.15) is 18.0 Å². The van der Waals surface area contributed by atoms with Crippen LogP contribution in [-0.2, 0) is 6.61 Å². The fraction of sp³-hybridized carbons (Fsp3) is 0.340. The predicted octanol–water partition coefficient (Wildman–Crippen LogP) is 12.6. The first-order valence-corrected chi connectivity index (χ1v) is 22.1. The third-order valence-corrected chi connectivity index (χ3v) is 10.8. The zero-order valence-corrected chi connectivity index (χ0v) is 39.9. The van der Waals surface area contributed by atoms with Crippen molar-refractivity contribution in [1.82, 2.24) is 43.2 Å². The van der Waals surface area contributed by atoms with Crippen LogP contribution in [0.4, 0.5) is 4.39 Å². The Kier molecular flexibility index (Phi) is 16.9. The van der Waals surface area contributed by atoms with Crippen molar-refractivity contribution in [3.63, 3.8) is 0 Å². The molecule has 0 bridgehead atoms. The SMILES string of the molecule is Cc1cn(-c2ccc(C(C)C)cc2C)cn1.Cc1cn(-c2ccc(C(C)C)cc2CO)cn1.Cc1cn(-c2ccc(C(C)C)cc2F)cn1.Cc1cn(-c2ccc(C(C)C)cn2)cn1. The van der Waals surface area contributed by atoms with E-state index in [1.807, 2.05) is 86.1 Å². The van der Waals surface area contributed by atoms with Crippen molar-refractivity contribution in [2.45, 2.75) is 120 Å². The van der Waals surface area contributed by atoms with E-state index in [-0.39, 0.29) is 12.4 Å². The highest BCUT2D eigenvalue weighted by atomic mass is 19.1. The zero-order chi connectivity index (χ0) is 46.7. The van der Waals surface area contributed by atoms with Gasteiger partial charge in [0.2, 0.25) is 0 Å². The van der Waals surface area contributed by atoms with Crippen molar-refractivity contribution in [1.29, 1.82) is 0 Å². The van der Waals surface area contributed by atoms with Crippen molar-refractivity contribution < 1.29 is 9.50 Å². The lowest BCUT2D eigenvalue weighted by atomic mass is 10.00. The maximum absolute atomic E-state index is 13.9. The molecule has 1 N–H and O–H groups in total. The molecule has 8 rings (SSSR count). The van der Waals surface area contributed by atoms with Gasteiger partial charge < -0.3 is 18.8 Å². The minimum Gasteiger partial charge on any atom is -0.392 e. The van der Waals surface area contributed by atoms with Crippen molar-refractivity contribution in [3.05, 3.63) is 185 Å². The Balaban J connectivity index is 0.000000161. The summed E-state index contributed by atoms with van der Waals surface area (Å²) in [7, 11) is 0. The van der Waals surface area contributed by atoms with Crippen LogP contribution in [0.5, 0.6) is 0 Å². The molecule has 0 aliphatic rings. The second kappa shape index (κ2) is 22.2. The van der Waals surface area contributed by atoms with Gasteiger partial charge in [-0.25, -0.2) is 29.3 Å². The van der Waals surface area contributed by atoms with Crippen molar-refractivity contribution in [2.24, 2.45) is 0 Å². The summed E-state index contributed by atoms with van der Waals surface area (Å²) < 4.78 is 21.5. The number of rotatable bonds is 9. The van der Waals surface area contributed by atoms with E-state index in [4.69, 9.17) is 0 Å². The number of imidazole rings is 4. The van der Waals surface area contributed by atoms with Crippen LogP contribution in [0.25, 0.3) is 22.9 Å². The van der Waals surface area contributed by atoms with Gasteiger partial charge in [0.25, 0.3) is 0 Å². The Labute approximate surface area is 379 Å². The molecule has 10 nitrogen and oxygen atoms in total. The van der Waals surface area contributed by atoms with Gasteiger partial charge in [-0.3, -0.25) is 4.57 Å². The van der Waals surface area contributed by atoms with Gasteiger partial charge >= 0.3 is 0 Å². The summed E-state index contributed by atoms with van der Waals surface area (Å²) in [6.07, 6.45) is 16.8. The monoisotopic (exact) mass is 864 g/mol. The van der Waals surface area contributed by atoms with Crippen molar-refractivity contribution >= 4 is 0 Å². The number of nitrogens with zero attached hydrogens (tertiary/aromatic N) is 9. The summed E-state index contributed by atoms with van der Waals surface area (Å²) in [5, 5.41) is 9.46. The minimum atomic E-state index is -0.205. The number of halogens is 1. The van der Waals surface area contributed by atoms with Gasteiger partial charge in [-0.2, -0.15) is 0 Å². The maximum atomic E-state index is 13.9. The molecule has 0 fully saturated rings. The fourth-order valence-electron chi connectivity index (χ4n) is 6.86. The largest absolute Gasteiger partial charge is 0.392 e. The molecule has 0 spiro atoms. The van der Waals surface area contributed by atoms with Crippen LogP contribution in [0.15, 0.2) is 123 Å². The fourth-order valence-corrected chi connectivity index (χ4v) is 6.86. The highest BCUT2D eigenvalue weighted by molar-refractivity contribution is 5.45. The van der Waals surface area contributed by atoms with Crippen molar-refractivity contribution in [2.75, 3.05) is 0 Å². The van der Waals surface area contributed by atoms with Crippen LogP contribution in [0.1, 0.15) is 135 Å². The number of pyridine rings is 1. The molecule has 0 unspecified atom stereocenters. The average molecular weight is 864 g/mol. The standard InChI is InChI=1S/C14H18N2O.C14H18N2.C13H15FN2.C12H15N3/c1-10(2)12-4-5-14(13(6-12)8-17)16-7-11(3)15-9-16;1-10(2)13-5-6-14(11(3)7-13)16-8-12(4)15-9-16;1-9(2)11-4-5-13(12(14)6-11)16-7-10(3)15-8-16;1-9(2)11-4-5-12(13-6-11)15-7-10(3)14-8-15/h4-7,9-10,17H,8H2,1-3H3;5-10H,1-4H3;4-9H,1-3H3;4-9H,1-3H3. The second-order valence-corrected chi connectivity index (χ2v) is 17.6. The molecule has 5 heterocycles. The van der Waals surface area contributed by atoms with Crippen LogP contribution in [0.2, 0.25) is 0 Å². The normalized spacial score (nSPS) is 11.0. The van der Waals surface area contributed by atoms with Crippen LogP contribution in [0.3, 0.4) is 0 Å². The van der Waals surface area contributed by atoms with E-state index < -0.39 is 0 Å². The molecule has 0 aliphatic heterocycles. The number of aryl methyl sites for hydroxylation is 5. The number of hydrogen-bond acceptors (Lipinski definition) is 6. The molecule has 3 aromatic carbocycles. The molecular formula is C53H66FN9O.